The lowest BCUT2D eigenvalue weighted by Gasteiger charge is -2.23. The van der Waals surface area contributed by atoms with E-state index in [4.69, 9.17) is 44.7 Å². The van der Waals surface area contributed by atoms with Crippen LogP contribution in [0.1, 0.15) is 64.5 Å². The van der Waals surface area contributed by atoms with Gasteiger partial charge in [-0.1, -0.05) is 60.3 Å². The molecule has 2 aromatic carbocycles. The number of nitrogens with one attached hydrogen (secondary N) is 2. The Morgan fingerprint density at radius 1 is 0.614 bits per heavy atom. The number of halogens is 2. The maximum absolute atomic E-state index is 6.19. The number of guanidine groups is 4. The summed E-state index contributed by atoms with van der Waals surface area (Å²) in [5.41, 5.74) is 14.4. The number of unbranched alkanes of at least 4 members (excludes halogenated alkanes) is 3. The van der Waals surface area contributed by atoms with Crippen LogP contribution in [0.2, 0.25) is 10.0 Å². The van der Waals surface area contributed by atoms with Crippen LogP contribution in [-0.2, 0) is 13.1 Å². The van der Waals surface area contributed by atoms with Crippen LogP contribution in [-0.4, -0.2) is 72.9 Å². The fourth-order valence-corrected chi connectivity index (χ4v) is 4.79. The van der Waals surface area contributed by atoms with E-state index < -0.39 is 0 Å². The van der Waals surface area contributed by atoms with E-state index >= 15 is 0 Å². The van der Waals surface area contributed by atoms with Crippen LogP contribution in [0.15, 0.2) is 68.5 Å². The zero-order valence-electron chi connectivity index (χ0n) is 26.7. The highest BCUT2D eigenvalue weighted by molar-refractivity contribution is 6.30. The van der Waals surface area contributed by atoms with Crippen LogP contribution in [0, 0.1) is 0 Å². The van der Waals surface area contributed by atoms with Crippen molar-refractivity contribution in [3.63, 3.8) is 0 Å². The summed E-state index contributed by atoms with van der Waals surface area (Å²) in [6.45, 7) is 14.0. The van der Waals surface area contributed by atoms with Gasteiger partial charge in [0.05, 0.1) is 13.1 Å². The maximum Gasteiger partial charge on any atom is 0.200 e. The van der Waals surface area contributed by atoms with Crippen LogP contribution in [0.3, 0.4) is 0 Å². The minimum Gasteiger partial charge on any atom is -0.370 e. The third-order valence-electron chi connectivity index (χ3n) is 6.84. The summed E-state index contributed by atoms with van der Waals surface area (Å²) < 4.78 is 0. The minimum atomic E-state index is 0.334. The van der Waals surface area contributed by atoms with Gasteiger partial charge in [0.25, 0.3) is 0 Å². The van der Waals surface area contributed by atoms with Crippen LogP contribution in [0.5, 0.6) is 0 Å². The smallest absolute Gasteiger partial charge is 0.200 e. The second kappa shape index (κ2) is 21.2. The largest absolute Gasteiger partial charge is 0.370 e. The molecule has 0 atom stereocenters. The second-order valence-corrected chi connectivity index (χ2v) is 11.0. The SMILES string of the molecule is CCN(CC)C(=NCCCCCCN=C(NC(N)=NCc1cccc(Cl)c1)N(CC)CC)NC(N)=NCc1cccc(Cl)c1. The van der Waals surface area contributed by atoms with Crippen molar-refractivity contribution >= 4 is 47.0 Å². The Balaban J connectivity index is 1.85. The van der Waals surface area contributed by atoms with Gasteiger partial charge in [-0.25, -0.2) is 9.98 Å². The molecule has 0 bridgehead atoms. The van der Waals surface area contributed by atoms with Gasteiger partial charge in [-0.2, -0.15) is 0 Å². The van der Waals surface area contributed by atoms with E-state index in [1.54, 1.807) is 0 Å². The predicted octanol–water partition coefficient (Wildman–Crippen LogP) is 5.46. The van der Waals surface area contributed by atoms with Gasteiger partial charge >= 0.3 is 0 Å². The Morgan fingerprint density at radius 2 is 1.00 bits per heavy atom. The number of benzene rings is 2. The lowest BCUT2D eigenvalue weighted by Crippen LogP contribution is -2.47. The zero-order chi connectivity index (χ0) is 32.2. The van der Waals surface area contributed by atoms with Gasteiger partial charge in [0, 0.05) is 49.3 Å². The van der Waals surface area contributed by atoms with Crippen molar-refractivity contribution in [2.75, 3.05) is 39.3 Å². The Kier molecular flexibility index (Phi) is 17.7. The molecule has 0 unspecified atom stereocenters. The molecule has 10 nitrogen and oxygen atoms in total. The zero-order valence-corrected chi connectivity index (χ0v) is 28.2. The molecule has 0 aromatic heterocycles. The molecule has 0 heterocycles. The Morgan fingerprint density at radius 3 is 1.34 bits per heavy atom. The van der Waals surface area contributed by atoms with E-state index in [-0.39, 0.29) is 0 Å². The molecule has 0 saturated heterocycles. The molecule has 0 spiro atoms. The fourth-order valence-electron chi connectivity index (χ4n) is 4.36. The molecule has 0 amide bonds. The summed E-state index contributed by atoms with van der Waals surface area (Å²) in [7, 11) is 0. The van der Waals surface area contributed by atoms with Gasteiger partial charge < -0.3 is 21.3 Å². The molecule has 242 valence electrons. The number of nitrogens with two attached hydrogens (primary N) is 2. The standard InChI is InChI=1S/C32H50Cl2N10/c1-5-43(6-2)31(41-29(35)39-23-25-15-13-17-27(33)21-25)37-19-11-9-10-12-20-38-32(44(7-3)8-4)42-30(36)40-24-26-16-14-18-28(34)22-26/h13-18,21-22H,5-12,19-20,23-24H2,1-4H3,(H3,35,37,39,41)(H3,36,38,40,42). The number of hydrogen-bond acceptors (Lipinski definition) is 4. The normalized spacial score (nSPS) is 12.8. The molecule has 0 aliphatic rings. The van der Waals surface area contributed by atoms with E-state index in [2.05, 4.69) is 58.1 Å². The Hall–Kier alpha value is -3.50. The molecule has 0 fully saturated rings. The molecule has 0 saturated carbocycles. The second-order valence-electron chi connectivity index (χ2n) is 10.1. The molecule has 0 radical (unpaired) electrons. The topological polar surface area (TPSA) is 132 Å². The van der Waals surface area contributed by atoms with Crippen molar-refractivity contribution < 1.29 is 0 Å². The van der Waals surface area contributed by atoms with E-state index in [1.807, 2.05) is 48.5 Å². The molecule has 2 aromatic rings. The highest BCUT2D eigenvalue weighted by Crippen LogP contribution is 2.12. The van der Waals surface area contributed by atoms with Crippen LogP contribution < -0.4 is 22.1 Å². The number of aliphatic imine (C=N–C) groups is 4. The molecule has 44 heavy (non-hydrogen) atoms. The third-order valence-corrected chi connectivity index (χ3v) is 7.31. The van der Waals surface area contributed by atoms with Crippen LogP contribution in [0.25, 0.3) is 0 Å². The lowest BCUT2D eigenvalue weighted by atomic mass is 10.2. The quantitative estimate of drug-likeness (QED) is 0.116. The molecule has 0 aliphatic carbocycles. The lowest BCUT2D eigenvalue weighted by molar-refractivity contribution is 0.451. The molecular weight excluding hydrogens is 595 g/mol. The summed E-state index contributed by atoms with van der Waals surface area (Å²) in [6.07, 6.45) is 4.06. The fraction of sp³-hybridized carbons (Fsp3) is 0.500. The first-order chi connectivity index (χ1) is 21.3. The van der Waals surface area contributed by atoms with Crippen LogP contribution >= 0.6 is 23.2 Å². The first kappa shape index (κ1) is 36.7. The first-order valence-corrected chi connectivity index (χ1v) is 16.3. The van der Waals surface area contributed by atoms with Gasteiger partial charge in [-0.3, -0.25) is 20.6 Å². The number of rotatable bonds is 15. The first-order valence-electron chi connectivity index (χ1n) is 15.5. The van der Waals surface area contributed by atoms with Crippen molar-refractivity contribution in [1.29, 1.82) is 0 Å². The summed E-state index contributed by atoms with van der Waals surface area (Å²) in [5, 5.41) is 7.77. The average Bonchev–Trinajstić information content (AvgIpc) is 3.01. The number of hydrogen-bond donors (Lipinski definition) is 4. The molecular formula is C32H50Cl2N10. The van der Waals surface area contributed by atoms with Crippen molar-refractivity contribution in [1.82, 2.24) is 20.4 Å². The summed E-state index contributed by atoms with van der Waals surface area (Å²) in [6, 6.07) is 15.2. The summed E-state index contributed by atoms with van der Waals surface area (Å²) in [5.74, 6) is 2.16. The minimum absolute atomic E-state index is 0.334. The van der Waals surface area contributed by atoms with E-state index in [0.717, 1.165) is 74.9 Å². The Bertz CT molecular complexity index is 1140. The van der Waals surface area contributed by atoms with Gasteiger partial charge in [0.15, 0.2) is 11.9 Å². The van der Waals surface area contributed by atoms with Gasteiger partial charge in [-0.05, 0) is 75.9 Å². The van der Waals surface area contributed by atoms with Gasteiger partial charge in [-0.15, -0.1) is 0 Å². The highest BCUT2D eigenvalue weighted by Gasteiger charge is 2.10. The van der Waals surface area contributed by atoms with E-state index in [1.165, 1.54) is 0 Å². The average molecular weight is 646 g/mol. The molecule has 6 N–H and O–H groups in total. The molecule has 12 heteroatoms. The van der Waals surface area contributed by atoms with Gasteiger partial charge in [0.2, 0.25) is 11.9 Å². The predicted molar refractivity (Wildman–Crippen MR) is 189 cm³/mol. The Labute approximate surface area is 273 Å². The summed E-state index contributed by atoms with van der Waals surface area (Å²) in [4.78, 5) is 22.8. The van der Waals surface area contributed by atoms with Crippen LogP contribution in [0.4, 0.5) is 0 Å². The maximum atomic E-state index is 6.19. The molecule has 2 rings (SSSR count). The van der Waals surface area contributed by atoms with E-state index in [9.17, 15) is 0 Å². The summed E-state index contributed by atoms with van der Waals surface area (Å²) >= 11 is 12.2. The molecule has 0 aliphatic heterocycles. The van der Waals surface area contributed by atoms with Crippen molar-refractivity contribution in [3.05, 3.63) is 69.7 Å². The van der Waals surface area contributed by atoms with Crippen molar-refractivity contribution in [2.24, 2.45) is 31.4 Å². The van der Waals surface area contributed by atoms with Crippen molar-refractivity contribution in [2.45, 2.75) is 66.5 Å². The monoisotopic (exact) mass is 644 g/mol. The highest BCUT2D eigenvalue weighted by atomic mass is 35.5. The van der Waals surface area contributed by atoms with Crippen molar-refractivity contribution in [3.8, 4) is 0 Å². The van der Waals surface area contributed by atoms with E-state index in [0.29, 0.717) is 48.1 Å². The number of nitrogens with zero attached hydrogens (tertiary/aromatic N) is 6. The third kappa shape index (κ3) is 14.3. The van der Waals surface area contributed by atoms with Gasteiger partial charge in [0.1, 0.15) is 0 Å².